The number of hydrogen-bond acceptors (Lipinski definition) is 6. The molecule has 1 saturated heterocycles. The average molecular weight is 379 g/mol. The summed E-state index contributed by atoms with van der Waals surface area (Å²) < 4.78 is 33.1. The van der Waals surface area contributed by atoms with Crippen molar-refractivity contribution < 1.29 is 13.2 Å². The van der Waals surface area contributed by atoms with Crippen LogP contribution in [0.15, 0.2) is 21.6 Å². The van der Waals surface area contributed by atoms with E-state index in [1.165, 1.54) is 16.6 Å². The summed E-state index contributed by atoms with van der Waals surface area (Å²) in [6, 6.07) is 1.50. The standard InChI is InChI=1S/C12H19BrN4O3S/c1-2-20-10-4-3-5-17(8-10)21(18,19)11-6-9(13)7-15-12(11)16-14/h6-7,10H,2-5,8,14H2,1H3,(H,15,16). The summed E-state index contributed by atoms with van der Waals surface area (Å²) in [6.45, 7) is 3.31. The van der Waals surface area contributed by atoms with Crippen LogP contribution in [0.5, 0.6) is 0 Å². The first kappa shape index (κ1) is 16.6. The Morgan fingerprint density at radius 1 is 1.62 bits per heavy atom. The number of halogens is 1. The second kappa shape index (κ2) is 7.01. The largest absolute Gasteiger partial charge is 0.377 e. The van der Waals surface area contributed by atoms with Crippen LogP contribution < -0.4 is 11.3 Å². The SMILES string of the molecule is CCOC1CCCN(S(=O)(=O)c2cc(Br)cnc2NN)C1. The number of piperidine rings is 1. The Bertz CT molecular complexity index is 594. The number of hydrazine groups is 1. The van der Waals surface area contributed by atoms with Crippen molar-refractivity contribution in [2.75, 3.05) is 25.1 Å². The lowest BCUT2D eigenvalue weighted by Gasteiger charge is -2.31. The van der Waals surface area contributed by atoms with E-state index in [9.17, 15) is 8.42 Å². The molecule has 0 bridgehead atoms. The molecule has 0 aliphatic carbocycles. The number of sulfonamides is 1. The fraction of sp³-hybridized carbons (Fsp3) is 0.583. The third-order valence-electron chi connectivity index (χ3n) is 3.32. The first-order chi connectivity index (χ1) is 9.98. The van der Waals surface area contributed by atoms with Gasteiger partial charge in [-0.15, -0.1) is 0 Å². The highest BCUT2D eigenvalue weighted by Gasteiger charge is 2.32. The van der Waals surface area contributed by atoms with Gasteiger partial charge in [0, 0.05) is 30.4 Å². The maximum atomic E-state index is 12.8. The molecular formula is C12H19BrN4O3S. The molecule has 1 atom stereocenters. The minimum Gasteiger partial charge on any atom is -0.377 e. The summed E-state index contributed by atoms with van der Waals surface area (Å²) >= 11 is 3.24. The van der Waals surface area contributed by atoms with E-state index in [0.717, 1.165) is 12.8 Å². The van der Waals surface area contributed by atoms with E-state index < -0.39 is 10.0 Å². The topological polar surface area (TPSA) is 97.5 Å². The van der Waals surface area contributed by atoms with Gasteiger partial charge >= 0.3 is 0 Å². The molecule has 0 amide bonds. The highest BCUT2D eigenvalue weighted by Crippen LogP contribution is 2.28. The molecule has 1 fully saturated rings. The van der Waals surface area contributed by atoms with Gasteiger partial charge in [-0.25, -0.2) is 19.2 Å². The van der Waals surface area contributed by atoms with Crippen molar-refractivity contribution in [3.8, 4) is 0 Å². The van der Waals surface area contributed by atoms with Crippen LogP contribution in [0.4, 0.5) is 5.82 Å². The van der Waals surface area contributed by atoms with Crippen molar-refractivity contribution in [1.82, 2.24) is 9.29 Å². The molecule has 1 aliphatic rings. The number of ether oxygens (including phenoxy) is 1. The third kappa shape index (κ3) is 3.72. The molecule has 2 rings (SSSR count). The monoisotopic (exact) mass is 378 g/mol. The van der Waals surface area contributed by atoms with Crippen molar-refractivity contribution in [2.45, 2.75) is 30.8 Å². The highest BCUT2D eigenvalue weighted by atomic mass is 79.9. The van der Waals surface area contributed by atoms with Crippen LogP contribution in [0.1, 0.15) is 19.8 Å². The maximum absolute atomic E-state index is 12.8. The lowest BCUT2D eigenvalue weighted by molar-refractivity contribution is 0.0265. The Labute approximate surface area is 133 Å². The summed E-state index contributed by atoms with van der Waals surface area (Å²) in [7, 11) is -3.66. The second-order valence-corrected chi connectivity index (χ2v) is 7.55. The lowest BCUT2D eigenvalue weighted by Crippen LogP contribution is -2.43. The van der Waals surface area contributed by atoms with E-state index in [4.69, 9.17) is 10.6 Å². The summed E-state index contributed by atoms with van der Waals surface area (Å²) in [4.78, 5) is 4.06. The van der Waals surface area contributed by atoms with E-state index in [-0.39, 0.29) is 16.8 Å². The molecule has 7 nitrogen and oxygen atoms in total. The maximum Gasteiger partial charge on any atom is 0.246 e. The second-order valence-electron chi connectivity index (χ2n) is 4.73. The van der Waals surface area contributed by atoms with Crippen molar-refractivity contribution in [2.24, 2.45) is 5.84 Å². The van der Waals surface area contributed by atoms with Crippen LogP contribution in [0.3, 0.4) is 0 Å². The van der Waals surface area contributed by atoms with Crippen molar-refractivity contribution in [3.63, 3.8) is 0 Å². The van der Waals surface area contributed by atoms with Crippen LogP contribution in [0.25, 0.3) is 0 Å². The minimum atomic E-state index is -3.66. The molecule has 0 spiro atoms. The van der Waals surface area contributed by atoms with Crippen molar-refractivity contribution in [1.29, 1.82) is 0 Å². The number of nitrogens with two attached hydrogens (primary N) is 1. The molecule has 1 unspecified atom stereocenters. The Balaban J connectivity index is 2.31. The number of nitrogen functional groups attached to an aromatic ring is 1. The Morgan fingerprint density at radius 2 is 2.38 bits per heavy atom. The summed E-state index contributed by atoms with van der Waals surface area (Å²) in [5.74, 6) is 5.50. The molecule has 1 aromatic heterocycles. The molecule has 0 aromatic carbocycles. The van der Waals surface area contributed by atoms with E-state index in [1.807, 2.05) is 6.92 Å². The zero-order valence-electron chi connectivity index (χ0n) is 11.8. The van der Waals surface area contributed by atoms with Gasteiger partial charge in [0.1, 0.15) is 4.90 Å². The quantitative estimate of drug-likeness (QED) is 0.592. The van der Waals surface area contributed by atoms with Crippen LogP contribution in [0, 0.1) is 0 Å². The molecule has 2 heterocycles. The molecular weight excluding hydrogens is 360 g/mol. The average Bonchev–Trinajstić information content (AvgIpc) is 2.48. The minimum absolute atomic E-state index is 0.0621. The van der Waals surface area contributed by atoms with Crippen LogP contribution >= 0.6 is 15.9 Å². The first-order valence-corrected chi connectivity index (χ1v) is 8.96. The number of rotatable bonds is 5. The van der Waals surface area contributed by atoms with Gasteiger partial charge in [0.25, 0.3) is 0 Å². The smallest absolute Gasteiger partial charge is 0.246 e. The fourth-order valence-corrected chi connectivity index (χ4v) is 4.48. The molecule has 118 valence electrons. The molecule has 1 aliphatic heterocycles. The first-order valence-electron chi connectivity index (χ1n) is 6.73. The molecule has 3 N–H and O–H groups in total. The molecule has 1 aromatic rings. The van der Waals surface area contributed by atoms with Gasteiger partial charge < -0.3 is 10.2 Å². The van der Waals surface area contributed by atoms with Crippen LogP contribution in [-0.2, 0) is 14.8 Å². The van der Waals surface area contributed by atoms with Gasteiger partial charge in [-0.1, -0.05) is 0 Å². The van der Waals surface area contributed by atoms with Gasteiger partial charge in [-0.2, -0.15) is 4.31 Å². The van der Waals surface area contributed by atoms with E-state index in [2.05, 4.69) is 26.3 Å². The molecule has 9 heteroatoms. The normalized spacial score (nSPS) is 20.4. The zero-order chi connectivity index (χ0) is 15.5. The zero-order valence-corrected chi connectivity index (χ0v) is 14.2. The number of nitrogens with one attached hydrogen (secondary N) is 1. The Morgan fingerprint density at radius 3 is 3.05 bits per heavy atom. The summed E-state index contributed by atoms with van der Waals surface area (Å²) in [6.07, 6.45) is 3.08. The Kier molecular flexibility index (Phi) is 5.55. The van der Waals surface area contributed by atoms with Gasteiger partial charge in [0.15, 0.2) is 5.82 Å². The fourth-order valence-electron chi connectivity index (χ4n) is 2.36. The van der Waals surface area contributed by atoms with E-state index in [0.29, 0.717) is 24.2 Å². The van der Waals surface area contributed by atoms with Crippen molar-refractivity contribution >= 4 is 31.8 Å². The lowest BCUT2D eigenvalue weighted by atomic mass is 10.1. The number of nitrogens with zero attached hydrogens (tertiary/aromatic N) is 2. The van der Waals surface area contributed by atoms with Crippen LogP contribution in [-0.4, -0.2) is 43.5 Å². The molecule has 0 saturated carbocycles. The highest BCUT2D eigenvalue weighted by molar-refractivity contribution is 9.10. The number of pyridine rings is 1. The number of hydrogen-bond donors (Lipinski definition) is 2. The molecule has 21 heavy (non-hydrogen) atoms. The predicted molar refractivity (Wildman–Crippen MR) is 83.2 cm³/mol. The summed E-state index contributed by atoms with van der Waals surface area (Å²) in [5, 5.41) is 0. The third-order valence-corrected chi connectivity index (χ3v) is 5.63. The Hall–Kier alpha value is -0.740. The van der Waals surface area contributed by atoms with Crippen molar-refractivity contribution in [3.05, 3.63) is 16.7 Å². The molecule has 0 radical (unpaired) electrons. The summed E-state index contributed by atoms with van der Waals surface area (Å²) in [5.41, 5.74) is 2.34. The van der Waals surface area contributed by atoms with E-state index >= 15 is 0 Å². The van der Waals surface area contributed by atoms with Gasteiger partial charge in [0.2, 0.25) is 10.0 Å². The van der Waals surface area contributed by atoms with Gasteiger partial charge in [-0.05, 0) is 41.8 Å². The number of anilines is 1. The predicted octanol–water partition coefficient (Wildman–Crippen LogP) is 1.32. The van der Waals surface area contributed by atoms with E-state index in [1.54, 1.807) is 0 Å². The number of aromatic nitrogens is 1. The van der Waals surface area contributed by atoms with Crippen LogP contribution in [0.2, 0.25) is 0 Å². The van der Waals surface area contributed by atoms with Gasteiger partial charge in [-0.3, -0.25) is 0 Å². The van der Waals surface area contributed by atoms with Gasteiger partial charge in [0.05, 0.1) is 6.10 Å².